The van der Waals surface area contributed by atoms with Crippen molar-refractivity contribution in [1.29, 1.82) is 0 Å². The second-order valence-electron chi connectivity index (χ2n) is 5.94. The van der Waals surface area contributed by atoms with Crippen molar-refractivity contribution in [3.05, 3.63) is 24.3 Å². The molecule has 0 bridgehead atoms. The van der Waals surface area contributed by atoms with E-state index in [2.05, 4.69) is 49.6 Å². The van der Waals surface area contributed by atoms with Gasteiger partial charge in [0, 0.05) is 23.8 Å². The van der Waals surface area contributed by atoms with Crippen LogP contribution in [-0.2, 0) is 0 Å². The van der Waals surface area contributed by atoms with Crippen LogP contribution in [0.5, 0.6) is 5.75 Å². The topological polar surface area (TPSA) is 33.3 Å². The van der Waals surface area contributed by atoms with Crippen molar-refractivity contribution in [1.82, 2.24) is 5.32 Å². The Balaban J connectivity index is 1.86. The predicted octanol–water partition coefficient (Wildman–Crippen LogP) is 3.81. The predicted molar refractivity (Wildman–Crippen MR) is 85.5 cm³/mol. The maximum Gasteiger partial charge on any atom is 0.121 e. The molecule has 1 aliphatic heterocycles. The van der Waals surface area contributed by atoms with Crippen molar-refractivity contribution in [2.45, 2.75) is 64.6 Å². The molecule has 1 aromatic carbocycles. The molecule has 0 aromatic heterocycles. The monoisotopic (exact) mass is 276 g/mol. The van der Waals surface area contributed by atoms with Gasteiger partial charge in [0.25, 0.3) is 0 Å². The minimum absolute atomic E-state index is 0.269. The maximum absolute atomic E-state index is 5.87. The van der Waals surface area contributed by atoms with Crippen LogP contribution in [-0.4, -0.2) is 24.7 Å². The largest absolute Gasteiger partial charge is 0.491 e. The van der Waals surface area contributed by atoms with Crippen molar-refractivity contribution in [3.8, 4) is 5.75 Å². The van der Waals surface area contributed by atoms with Gasteiger partial charge in [0.1, 0.15) is 5.75 Å². The third kappa shape index (κ3) is 4.71. The molecule has 3 unspecified atom stereocenters. The standard InChI is InChI=1S/C17H28N2O/c1-4-14(3)20-17-9-5-7-16(12-17)19-13(2)11-15-8-6-10-18-15/h5,7,9,12-15,18-19H,4,6,8,10-11H2,1-3H3. The lowest BCUT2D eigenvalue weighted by molar-refractivity contribution is 0.217. The van der Waals surface area contributed by atoms with Crippen LogP contribution in [0.3, 0.4) is 0 Å². The van der Waals surface area contributed by atoms with Gasteiger partial charge in [0.15, 0.2) is 0 Å². The Morgan fingerprint density at radius 1 is 1.40 bits per heavy atom. The summed E-state index contributed by atoms with van der Waals surface area (Å²) >= 11 is 0. The van der Waals surface area contributed by atoms with Gasteiger partial charge in [-0.25, -0.2) is 0 Å². The van der Waals surface area contributed by atoms with E-state index in [1.165, 1.54) is 25.8 Å². The molecule has 0 saturated carbocycles. The fraction of sp³-hybridized carbons (Fsp3) is 0.647. The highest BCUT2D eigenvalue weighted by Crippen LogP contribution is 2.21. The normalized spacial score (nSPS) is 21.4. The van der Waals surface area contributed by atoms with Crippen LogP contribution in [0, 0.1) is 0 Å². The molecular weight excluding hydrogens is 248 g/mol. The summed E-state index contributed by atoms with van der Waals surface area (Å²) < 4.78 is 5.87. The summed E-state index contributed by atoms with van der Waals surface area (Å²) in [4.78, 5) is 0. The Hall–Kier alpha value is -1.22. The fourth-order valence-electron chi connectivity index (χ4n) is 2.70. The average Bonchev–Trinajstić information content (AvgIpc) is 2.91. The highest BCUT2D eigenvalue weighted by Gasteiger charge is 2.16. The van der Waals surface area contributed by atoms with Gasteiger partial charge in [-0.2, -0.15) is 0 Å². The molecule has 2 rings (SSSR count). The van der Waals surface area contributed by atoms with Crippen LogP contribution in [0.4, 0.5) is 5.69 Å². The van der Waals surface area contributed by atoms with Gasteiger partial charge >= 0.3 is 0 Å². The van der Waals surface area contributed by atoms with Crippen LogP contribution in [0.1, 0.15) is 46.5 Å². The maximum atomic E-state index is 5.87. The number of hydrogen-bond donors (Lipinski definition) is 2. The third-order valence-electron chi connectivity index (χ3n) is 3.96. The van der Waals surface area contributed by atoms with E-state index in [1.807, 2.05) is 6.07 Å². The van der Waals surface area contributed by atoms with Crippen LogP contribution in [0.2, 0.25) is 0 Å². The quantitative estimate of drug-likeness (QED) is 0.794. The summed E-state index contributed by atoms with van der Waals surface area (Å²) in [6, 6.07) is 9.45. The van der Waals surface area contributed by atoms with Crippen molar-refractivity contribution in [3.63, 3.8) is 0 Å². The van der Waals surface area contributed by atoms with E-state index in [9.17, 15) is 0 Å². The first kappa shape index (κ1) is 15.2. The second kappa shape index (κ2) is 7.53. The molecule has 0 spiro atoms. The summed E-state index contributed by atoms with van der Waals surface area (Å²) in [6.07, 6.45) is 5.10. The SMILES string of the molecule is CCC(C)Oc1cccc(NC(C)CC2CCCN2)c1. The van der Waals surface area contributed by atoms with Crippen molar-refractivity contribution in [2.24, 2.45) is 0 Å². The van der Waals surface area contributed by atoms with Crippen LogP contribution in [0.15, 0.2) is 24.3 Å². The average molecular weight is 276 g/mol. The van der Waals surface area contributed by atoms with Gasteiger partial charge in [0.2, 0.25) is 0 Å². The lowest BCUT2D eigenvalue weighted by atomic mass is 10.1. The van der Waals surface area contributed by atoms with Gasteiger partial charge in [-0.3, -0.25) is 0 Å². The minimum Gasteiger partial charge on any atom is -0.491 e. The van der Waals surface area contributed by atoms with Gasteiger partial charge in [-0.1, -0.05) is 13.0 Å². The molecule has 20 heavy (non-hydrogen) atoms. The lowest BCUT2D eigenvalue weighted by Gasteiger charge is -2.20. The van der Waals surface area contributed by atoms with E-state index >= 15 is 0 Å². The molecule has 3 heteroatoms. The molecule has 1 saturated heterocycles. The zero-order chi connectivity index (χ0) is 14.4. The minimum atomic E-state index is 0.269. The molecule has 1 fully saturated rings. The number of rotatable bonds is 7. The van der Waals surface area contributed by atoms with Gasteiger partial charge in [-0.05, 0) is 58.2 Å². The van der Waals surface area contributed by atoms with Gasteiger partial charge in [-0.15, -0.1) is 0 Å². The molecule has 112 valence electrons. The molecule has 0 aliphatic carbocycles. The van der Waals surface area contributed by atoms with E-state index < -0.39 is 0 Å². The van der Waals surface area contributed by atoms with E-state index in [-0.39, 0.29) is 6.10 Å². The number of anilines is 1. The first-order valence-corrected chi connectivity index (χ1v) is 7.94. The van der Waals surface area contributed by atoms with Crippen LogP contribution >= 0.6 is 0 Å². The zero-order valence-electron chi connectivity index (χ0n) is 13.0. The fourth-order valence-corrected chi connectivity index (χ4v) is 2.70. The van der Waals surface area contributed by atoms with E-state index in [1.54, 1.807) is 0 Å². The van der Waals surface area contributed by atoms with Crippen molar-refractivity contribution in [2.75, 3.05) is 11.9 Å². The Bertz CT molecular complexity index is 402. The molecule has 1 heterocycles. The Morgan fingerprint density at radius 2 is 2.25 bits per heavy atom. The highest BCUT2D eigenvalue weighted by atomic mass is 16.5. The second-order valence-corrected chi connectivity index (χ2v) is 5.94. The van der Waals surface area contributed by atoms with Gasteiger partial charge in [0.05, 0.1) is 6.10 Å². The highest BCUT2D eigenvalue weighted by molar-refractivity contribution is 5.48. The Morgan fingerprint density at radius 3 is 2.95 bits per heavy atom. The molecule has 1 aromatic rings. The molecule has 3 atom stereocenters. The smallest absolute Gasteiger partial charge is 0.121 e. The number of hydrogen-bond acceptors (Lipinski definition) is 3. The van der Waals surface area contributed by atoms with Crippen molar-refractivity contribution < 1.29 is 4.74 Å². The lowest BCUT2D eigenvalue weighted by Crippen LogP contribution is -2.29. The number of nitrogens with one attached hydrogen (secondary N) is 2. The summed E-state index contributed by atoms with van der Waals surface area (Å²) in [5.41, 5.74) is 1.15. The molecule has 0 amide bonds. The molecule has 1 aliphatic rings. The van der Waals surface area contributed by atoms with E-state index in [4.69, 9.17) is 4.74 Å². The van der Waals surface area contributed by atoms with Gasteiger partial charge < -0.3 is 15.4 Å². The zero-order valence-corrected chi connectivity index (χ0v) is 13.0. The van der Waals surface area contributed by atoms with E-state index in [0.29, 0.717) is 12.1 Å². The molecule has 3 nitrogen and oxygen atoms in total. The number of ether oxygens (including phenoxy) is 1. The molecular formula is C17H28N2O. The number of benzene rings is 1. The summed E-state index contributed by atoms with van der Waals surface area (Å²) in [5, 5.41) is 7.13. The van der Waals surface area contributed by atoms with E-state index in [0.717, 1.165) is 17.9 Å². The van der Waals surface area contributed by atoms with Crippen LogP contribution in [0.25, 0.3) is 0 Å². The van der Waals surface area contributed by atoms with Crippen molar-refractivity contribution >= 4 is 5.69 Å². The first-order chi connectivity index (χ1) is 9.67. The molecule has 2 N–H and O–H groups in total. The first-order valence-electron chi connectivity index (χ1n) is 7.94. The summed E-state index contributed by atoms with van der Waals surface area (Å²) in [7, 11) is 0. The van der Waals surface area contributed by atoms with Crippen LogP contribution < -0.4 is 15.4 Å². The molecule has 0 radical (unpaired) electrons. The Kier molecular flexibility index (Phi) is 5.72. The summed E-state index contributed by atoms with van der Waals surface area (Å²) in [5.74, 6) is 0.954. The third-order valence-corrected chi connectivity index (χ3v) is 3.96. The Labute approximate surface area is 123 Å². The summed E-state index contributed by atoms with van der Waals surface area (Å²) in [6.45, 7) is 7.68.